The highest BCUT2D eigenvalue weighted by atomic mass is 16.5. The fourth-order valence-electron chi connectivity index (χ4n) is 6.71. The van der Waals surface area contributed by atoms with Crippen molar-refractivity contribution in [3.8, 4) is 5.75 Å². The summed E-state index contributed by atoms with van der Waals surface area (Å²) in [4.78, 5) is 5.31. The molecule has 0 amide bonds. The predicted molar refractivity (Wildman–Crippen MR) is 167 cm³/mol. The number of ether oxygens (including phenoxy) is 1. The van der Waals surface area contributed by atoms with Crippen LogP contribution in [0, 0.1) is 0 Å². The zero-order chi connectivity index (χ0) is 27.4. The topological polar surface area (TPSA) is 27.7 Å². The molecular formula is C37H35N3O. The standard InChI is InChI=1S/C37H35N3O/c1-6-16-28(17-7-1)35-36(29-18-8-2-9-19-29)40(31-22-12-4-13-23-31)37(39(35)30-20-10-3-11-21-30)34-26-33(27-38-34)41-32-24-14-5-15-25-32/h1-25,33-38H,26-27H2/t33-,34-,35-,36-/m0/s1. The lowest BCUT2D eigenvalue weighted by atomic mass is 9.92. The average molecular weight is 538 g/mol. The highest BCUT2D eigenvalue weighted by molar-refractivity contribution is 5.63. The molecule has 5 aromatic rings. The molecule has 2 saturated heterocycles. The van der Waals surface area contributed by atoms with Crippen molar-refractivity contribution >= 4 is 11.4 Å². The van der Waals surface area contributed by atoms with Gasteiger partial charge in [0, 0.05) is 30.4 Å². The third-order valence-corrected chi connectivity index (χ3v) is 8.39. The molecule has 4 heteroatoms. The summed E-state index contributed by atoms with van der Waals surface area (Å²) in [5, 5.41) is 3.90. The minimum Gasteiger partial charge on any atom is -0.489 e. The number of hydrogen-bond acceptors (Lipinski definition) is 4. The zero-order valence-electron chi connectivity index (χ0n) is 23.0. The van der Waals surface area contributed by atoms with Gasteiger partial charge in [0.15, 0.2) is 0 Å². The molecule has 2 aliphatic rings. The van der Waals surface area contributed by atoms with Gasteiger partial charge in [-0.2, -0.15) is 0 Å². The van der Waals surface area contributed by atoms with Crippen molar-refractivity contribution in [3.05, 3.63) is 163 Å². The van der Waals surface area contributed by atoms with Crippen molar-refractivity contribution in [2.24, 2.45) is 0 Å². The van der Waals surface area contributed by atoms with Crippen LogP contribution in [0.2, 0.25) is 0 Å². The van der Waals surface area contributed by atoms with Crippen molar-refractivity contribution in [1.82, 2.24) is 5.32 Å². The first kappa shape index (κ1) is 25.4. The first-order valence-electron chi connectivity index (χ1n) is 14.6. The van der Waals surface area contributed by atoms with E-state index in [1.165, 1.54) is 22.5 Å². The van der Waals surface area contributed by atoms with Gasteiger partial charge in [-0.3, -0.25) is 0 Å². The van der Waals surface area contributed by atoms with E-state index in [1.807, 2.05) is 30.3 Å². The molecule has 0 radical (unpaired) electrons. The number of nitrogens with one attached hydrogen (secondary N) is 1. The van der Waals surface area contributed by atoms with Crippen molar-refractivity contribution in [1.29, 1.82) is 0 Å². The summed E-state index contributed by atoms with van der Waals surface area (Å²) in [6.07, 6.45) is 1.07. The molecule has 0 saturated carbocycles. The summed E-state index contributed by atoms with van der Waals surface area (Å²) in [5.74, 6) is 0.926. The molecule has 0 aromatic heterocycles. The molecule has 7 rings (SSSR count). The quantitative estimate of drug-likeness (QED) is 0.231. The molecule has 0 aliphatic carbocycles. The van der Waals surface area contributed by atoms with Gasteiger partial charge in [-0.1, -0.05) is 115 Å². The lowest BCUT2D eigenvalue weighted by molar-refractivity contribution is 0.218. The monoisotopic (exact) mass is 537 g/mol. The first-order valence-corrected chi connectivity index (χ1v) is 14.6. The van der Waals surface area contributed by atoms with Crippen LogP contribution >= 0.6 is 0 Å². The number of nitrogens with zero attached hydrogens (tertiary/aromatic N) is 2. The van der Waals surface area contributed by atoms with Gasteiger partial charge >= 0.3 is 0 Å². The van der Waals surface area contributed by atoms with Crippen LogP contribution in [0.25, 0.3) is 0 Å². The van der Waals surface area contributed by atoms with Crippen LogP contribution in [0.4, 0.5) is 11.4 Å². The van der Waals surface area contributed by atoms with Crippen LogP contribution in [0.1, 0.15) is 29.6 Å². The minimum absolute atomic E-state index is 0.0552. The third kappa shape index (κ3) is 5.07. The van der Waals surface area contributed by atoms with Crippen molar-refractivity contribution < 1.29 is 4.74 Å². The van der Waals surface area contributed by atoms with E-state index < -0.39 is 0 Å². The highest BCUT2D eigenvalue weighted by Gasteiger charge is 2.52. The summed E-state index contributed by atoms with van der Waals surface area (Å²) in [6.45, 7) is 0.813. The molecule has 0 bridgehead atoms. The maximum absolute atomic E-state index is 6.47. The van der Waals surface area contributed by atoms with E-state index in [-0.39, 0.29) is 30.4 Å². The Morgan fingerprint density at radius 1 is 0.512 bits per heavy atom. The molecule has 41 heavy (non-hydrogen) atoms. The fourth-order valence-corrected chi connectivity index (χ4v) is 6.71. The van der Waals surface area contributed by atoms with E-state index in [4.69, 9.17) is 4.74 Å². The zero-order valence-corrected chi connectivity index (χ0v) is 23.0. The fraction of sp³-hybridized carbons (Fsp3) is 0.189. The second-order valence-corrected chi connectivity index (χ2v) is 10.9. The summed E-state index contributed by atoms with van der Waals surface area (Å²) < 4.78 is 6.47. The summed E-state index contributed by atoms with van der Waals surface area (Å²) >= 11 is 0. The van der Waals surface area contributed by atoms with Crippen LogP contribution in [-0.4, -0.2) is 24.9 Å². The van der Waals surface area contributed by atoms with Crippen LogP contribution in [0.3, 0.4) is 0 Å². The van der Waals surface area contributed by atoms with E-state index in [0.29, 0.717) is 0 Å². The van der Waals surface area contributed by atoms with Gasteiger partial charge in [0.1, 0.15) is 18.0 Å². The Morgan fingerprint density at radius 2 is 0.927 bits per heavy atom. The number of anilines is 2. The second-order valence-electron chi connectivity index (χ2n) is 10.9. The van der Waals surface area contributed by atoms with E-state index in [0.717, 1.165) is 18.7 Å². The Morgan fingerprint density at radius 3 is 1.39 bits per heavy atom. The Bertz CT molecular complexity index is 1430. The molecular weight excluding hydrogens is 502 g/mol. The molecule has 1 N–H and O–H groups in total. The van der Waals surface area contributed by atoms with Gasteiger partial charge in [-0.15, -0.1) is 0 Å². The Kier molecular flexibility index (Phi) is 7.14. The molecule has 4 nitrogen and oxygen atoms in total. The number of para-hydroxylation sites is 3. The lowest BCUT2D eigenvalue weighted by Crippen LogP contribution is -2.52. The highest BCUT2D eigenvalue weighted by Crippen LogP contribution is 2.52. The van der Waals surface area contributed by atoms with Gasteiger partial charge in [0.05, 0.1) is 12.1 Å². The van der Waals surface area contributed by atoms with Crippen LogP contribution in [-0.2, 0) is 0 Å². The number of hydrogen-bond donors (Lipinski definition) is 1. The Balaban J connectivity index is 1.38. The molecule has 0 unspecified atom stereocenters. The molecule has 4 atom stereocenters. The average Bonchev–Trinajstić information content (AvgIpc) is 3.66. The van der Waals surface area contributed by atoms with E-state index in [1.54, 1.807) is 0 Å². The second kappa shape index (κ2) is 11.5. The van der Waals surface area contributed by atoms with Crippen LogP contribution < -0.4 is 19.9 Å². The summed E-state index contributed by atoms with van der Waals surface area (Å²) in [6, 6.07) is 54.4. The largest absolute Gasteiger partial charge is 0.489 e. The molecule has 0 spiro atoms. The van der Waals surface area contributed by atoms with E-state index in [2.05, 4.69) is 136 Å². The molecule has 5 aromatic carbocycles. The van der Waals surface area contributed by atoms with Crippen molar-refractivity contribution in [3.63, 3.8) is 0 Å². The smallest absolute Gasteiger partial charge is 0.119 e. The summed E-state index contributed by atoms with van der Waals surface area (Å²) in [7, 11) is 0. The van der Waals surface area contributed by atoms with Gasteiger partial charge in [0.2, 0.25) is 0 Å². The Labute approximate surface area is 242 Å². The minimum atomic E-state index is 0.0552. The van der Waals surface area contributed by atoms with Gasteiger partial charge in [0.25, 0.3) is 0 Å². The SMILES string of the molecule is c1ccc(O[C@@H]2CN[C@H](C3N(c4ccccc4)[C@@H](c4ccccc4)[C@H](c4ccccc4)N3c3ccccc3)C2)cc1. The van der Waals surface area contributed by atoms with E-state index in [9.17, 15) is 0 Å². The molecule has 2 fully saturated rings. The van der Waals surface area contributed by atoms with Gasteiger partial charge in [-0.25, -0.2) is 0 Å². The third-order valence-electron chi connectivity index (χ3n) is 8.39. The lowest BCUT2D eigenvalue weighted by Gasteiger charge is -2.38. The maximum atomic E-state index is 6.47. The van der Waals surface area contributed by atoms with Gasteiger partial charge in [-0.05, 0) is 47.5 Å². The van der Waals surface area contributed by atoms with Crippen molar-refractivity contribution in [2.75, 3.05) is 16.3 Å². The molecule has 2 aliphatic heterocycles. The van der Waals surface area contributed by atoms with Crippen LogP contribution in [0.15, 0.2) is 152 Å². The molecule has 2 heterocycles. The normalized spacial score (nSPS) is 22.6. The number of rotatable bonds is 7. The number of benzene rings is 5. The van der Waals surface area contributed by atoms with Crippen molar-refractivity contribution in [2.45, 2.75) is 36.8 Å². The molecule has 204 valence electrons. The maximum Gasteiger partial charge on any atom is 0.119 e. The Hall–Kier alpha value is -4.54. The first-order chi connectivity index (χ1) is 20.4. The van der Waals surface area contributed by atoms with E-state index >= 15 is 0 Å². The predicted octanol–water partition coefficient (Wildman–Crippen LogP) is 7.63. The summed E-state index contributed by atoms with van der Waals surface area (Å²) in [5.41, 5.74) is 5.06. The van der Waals surface area contributed by atoms with Gasteiger partial charge < -0.3 is 19.9 Å². The van der Waals surface area contributed by atoms with Crippen LogP contribution in [0.5, 0.6) is 5.75 Å².